The topological polar surface area (TPSA) is 24.5 Å². The lowest BCUT2D eigenvalue weighted by molar-refractivity contribution is 0.400. The highest BCUT2D eigenvalue weighted by Crippen LogP contribution is 2.31. The number of methoxy groups -OCH3 is 1. The molecule has 0 bridgehead atoms. The third-order valence-corrected chi connectivity index (χ3v) is 3.04. The van der Waals surface area contributed by atoms with E-state index in [0.29, 0.717) is 0 Å². The smallest absolute Gasteiger partial charge is 0.141 e. The van der Waals surface area contributed by atoms with E-state index in [2.05, 4.69) is 36.4 Å². The lowest BCUT2D eigenvalue weighted by Crippen LogP contribution is -2.11. The highest BCUT2D eigenvalue weighted by molar-refractivity contribution is 5.58. The largest absolute Gasteiger partial charge is 0.495 e. The number of nitrogens with one attached hydrogen (secondary N) is 1. The summed E-state index contributed by atoms with van der Waals surface area (Å²) in [6.45, 7) is 2.03. The standard InChI is InChI=1S/C14H22N2O/c1-16(2)10-12-6-7-14(17-3)13(8-12)15-9-11-4-5-11/h6-8,11,15H,4-5,9-10H2,1-3H3. The Labute approximate surface area is 104 Å². The summed E-state index contributed by atoms with van der Waals surface area (Å²) in [7, 11) is 5.90. The van der Waals surface area contributed by atoms with Gasteiger partial charge in [0.1, 0.15) is 5.75 Å². The average molecular weight is 234 g/mol. The maximum absolute atomic E-state index is 5.38. The van der Waals surface area contributed by atoms with Crippen LogP contribution in [0.15, 0.2) is 18.2 Å². The van der Waals surface area contributed by atoms with Crippen LogP contribution in [0.3, 0.4) is 0 Å². The maximum atomic E-state index is 5.38. The molecular formula is C14H22N2O. The van der Waals surface area contributed by atoms with E-state index in [1.807, 2.05) is 6.07 Å². The number of hydrogen-bond acceptors (Lipinski definition) is 3. The summed E-state index contributed by atoms with van der Waals surface area (Å²) in [4.78, 5) is 2.17. The molecule has 1 aliphatic carbocycles. The summed E-state index contributed by atoms with van der Waals surface area (Å²) in [5.41, 5.74) is 2.44. The molecule has 1 aliphatic rings. The van der Waals surface area contributed by atoms with Gasteiger partial charge in [-0.2, -0.15) is 0 Å². The third kappa shape index (κ3) is 3.63. The van der Waals surface area contributed by atoms with Crippen LogP contribution in [0.4, 0.5) is 5.69 Å². The van der Waals surface area contributed by atoms with Crippen LogP contribution in [0.1, 0.15) is 18.4 Å². The molecule has 0 aliphatic heterocycles. The molecule has 1 saturated carbocycles. The number of anilines is 1. The van der Waals surface area contributed by atoms with E-state index >= 15 is 0 Å². The molecule has 3 heteroatoms. The third-order valence-electron chi connectivity index (χ3n) is 3.04. The summed E-state index contributed by atoms with van der Waals surface area (Å²) >= 11 is 0. The summed E-state index contributed by atoms with van der Waals surface area (Å²) in [6.07, 6.45) is 2.74. The van der Waals surface area contributed by atoms with Gasteiger partial charge in [-0.3, -0.25) is 0 Å². The van der Waals surface area contributed by atoms with Gasteiger partial charge in [0, 0.05) is 13.1 Å². The molecule has 0 amide bonds. The molecule has 94 valence electrons. The predicted molar refractivity (Wildman–Crippen MR) is 71.6 cm³/mol. The Morgan fingerprint density at radius 2 is 2.12 bits per heavy atom. The number of nitrogens with zero attached hydrogens (tertiary/aromatic N) is 1. The van der Waals surface area contributed by atoms with Gasteiger partial charge in [0.15, 0.2) is 0 Å². The van der Waals surface area contributed by atoms with Gasteiger partial charge in [-0.15, -0.1) is 0 Å². The Kier molecular flexibility index (Phi) is 3.89. The van der Waals surface area contributed by atoms with Crippen LogP contribution >= 0.6 is 0 Å². The van der Waals surface area contributed by atoms with Crippen molar-refractivity contribution in [2.45, 2.75) is 19.4 Å². The molecular weight excluding hydrogens is 212 g/mol. The molecule has 0 radical (unpaired) electrons. The minimum Gasteiger partial charge on any atom is -0.495 e. The zero-order valence-corrected chi connectivity index (χ0v) is 11.0. The fourth-order valence-electron chi connectivity index (χ4n) is 1.93. The van der Waals surface area contributed by atoms with Gasteiger partial charge >= 0.3 is 0 Å². The summed E-state index contributed by atoms with van der Waals surface area (Å²) in [6, 6.07) is 6.37. The SMILES string of the molecule is COc1ccc(CN(C)C)cc1NCC1CC1. The molecule has 3 nitrogen and oxygen atoms in total. The number of benzene rings is 1. The van der Waals surface area contributed by atoms with E-state index in [1.54, 1.807) is 7.11 Å². The van der Waals surface area contributed by atoms with Crippen LogP contribution in [0, 0.1) is 5.92 Å². The molecule has 1 aromatic carbocycles. The summed E-state index contributed by atoms with van der Waals surface area (Å²) in [5, 5.41) is 3.50. The van der Waals surface area contributed by atoms with E-state index in [9.17, 15) is 0 Å². The molecule has 1 aromatic rings. The molecule has 0 atom stereocenters. The van der Waals surface area contributed by atoms with Crippen molar-refractivity contribution >= 4 is 5.69 Å². The lowest BCUT2D eigenvalue weighted by atomic mass is 10.1. The average Bonchev–Trinajstić information content (AvgIpc) is 3.09. The van der Waals surface area contributed by atoms with E-state index in [4.69, 9.17) is 4.74 Å². The van der Waals surface area contributed by atoms with Crippen molar-refractivity contribution in [2.24, 2.45) is 5.92 Å². The van der Waals surface area contributed by atoms with Crippen LogP contribution in [-0.2, 0) is 6.54 Å². The van der Waals surface area contributed by atoms with Gasteiger partial charge in [0.2, 0.25) is 0 Å². The van der Waals surface area contributed by atoms with Crippen LogP contribution in [0.5, 0.6) is 5.75 Å². The molecule has 0 saturated heterocycles. The van der Waals surface area contributed by atoms with Gasteiger partial charge in [-0.1, -0.05) is 6.07 Å². The van der Waals surface area contributed by atoms with Crippen molar-refractivity contribution < 1.29 is 4.74 Å². The Morgan fingerprint density at radius 3 is 2.71 bits per heavy atom. The Morgan fingerprint density at radius 1 is 1.35 bits per heavy atom. The number of ether oxygens (including phenoxy) is 1. The minimum absolute atomic E-state index is 0.872. The Balaban J connectivity index is 2.07. The van der Waals surface area contributed by atoms with Crippen LogP contribution in [-0.4, -0.2) is 32.6 Å². The van der Waals surface area contributed by atoms with Crippen molar-refractivity contribution in [1.29, 1.82) is 0 Å². The van der Waals surface area contributed by atoms with E-state index in [1.165, 1.54) is 18.4 Å². The van der Waals surface area contributed by atoms with E-state index < -0.39 is 0 Å². The van der Waals surface area contributed by atoms with E-state index in [-0.39, 0.29) is 0 Å². The maximum Gasteiger partial charge on any atom is 0.141 e. The minimum atomic E-state index is 0.872. The summed E-state index contributed by atoms with van der Waals surface area (Å²) in [5.74, 6) is 1.81. The van der Waals surface area contributed by atoms with Crippen molar-refractivity contribution in [3.8, 4) is 5.75 Å². The molecule has 1 fully saturated rings. The summed E-state index contributed by atoms with van der Waals surface area (Å²) < 4.78 is 5.38. The number of hydrogen-bond donors (Lipinski definition) is 1. The van der Waals surface area contributed by atoms with Gasteiger partial charge in [-0.25, -0.2) is 0 Å². The van der Waals surface area contributed by atoms with Gasteiger partial charge in [0.05, 0.1) is 12.8 Å². The molecule has 0 unspecified atom stereocenters. The first-order chi connectivity index (χ1) is 8.19. The zero-order chi connectivity index (χ0) is 12.3. The van der Waals surface area contributed by atoms with Gasteiger partial charge in [-0.05, 0) is 50.6 Å². The van der Waals surface area contributed by atoms with Crippen molar-refractivity contribution in [3.63, 3.8) is 0 Å². The highest BCUT2D eigenvalue weighted by Gasteiger charge is 2.21. The molecule has 0 heterocycles. The van der Waals surface area contributed by atoms with Crippen molar-refractivity contribution in [2.75, 3.05) is 33.1 Å². The van der Waals surface area contributed by atoms with E-state index in [0.717, 1.165) is 30.4 Å². The second-order valence-electron chi connectivity index (χ2n) is 5.10. The molecule has 1 N–H and O–H groups in total. The first kappa shape index (κ1) is 12.2. The van der Waals surface area contributed by atoms with Crippen molar-refractivity contribution in [1.82, 2.24) is 4.90 Å². The van der Waals surface area contributed by atoms with Crippen LogP contribution < -0.4 is 10.1 Å². The zero-order valence-electron chi connectivity index (χ0n) is 11.0. The normalized spacial score (nSPS) is 15.1. The highest BCUT2D eigenvalue weighted by atomic mass is 16.5. The monoisotopic (exact) mass is 234 g/mol. The fourth-order valence-corrected chi connectivity index (χ4v) is 1.93. The van der Waals surface area contributed by atoms with Crippen LogP contribution in [0.25, 0.3) is 0 Å². The second-order valence-corrected chi connectivity index (χ2v) is 5.10. The predicted octanol–water partition coefficient (Wildman–Crippen LogP) is 2.58. The first-order valence-electron chi connectivity index (χ1n) is 6.24. The Hall–Kier alpha value is -1.22. The molecule has 0 spiro atoms. The number of rotatable bonds is 6. The second kappa shape index (κ2) is 5.41. The molecule has 0 aromatic heterocycles. The quantitative estimate of drug-likeness (QED) is 0.818. The lowest BCUT2D eigenvalue weighted by Gasteiger charge is -2.15. The van der Waals surface area contributed by atoms with Crippen molar-refractivity contribution in [3.05, 3.63) is 23.8 Å². The molecule has 2 rings (SSSR count). The Bertz CT molecular complexity index is 372. The van der Waals surface area contributed by atoms with Gasteiger partial charge < -0.3 is 15.0 Å². The fraction of sp³-hybridized carbons (Fsp3) is 0.571. The first-order valence-corrected chi connectivity index (χ1v) is 6.24. The van der Waals surface area contributed by atoms with Gasteiger partial charge in [0.25, 0.3) is 0 Å². The van der Waals surface area contributed by atoms with Crippen LogP contribution in [0.2, 0.25) is 0 Å². The molecule has 17 heavy (non-hydrogen) atoms.